The Kier molecular flexibility index (Phi) is 4.62. The summed E-state index contributed by atoms with van der Waals surface area (Å²) in [6.07, 6.45) is 4.22. The highest BCUT2D eigenvalue weighted by molar-refractivity contribution is 5.90. The quantitative estimate of drug-likeness (QED) is 0.844. The van der Waals surface area contributed by atoms with Gasteiger partial charge in [0.15, 0.2) is 0 Å². The second kappa shape index (κ2) is 6.83. The molecule has 1 aliphatic rings. The number of nitrogens with zero attached hydrogens (tertiary/aromatic N) is 4. The monoisotopic (exact) mass is 285 g/mol. The summed E-state index contributed by atoms with van der Waals surface area (Å²) < 4.78 is 0. The third-order valence-corrected chi connectivity index (χ3v) is 4.17. The fourth-order valence-corrected chi connectivity index (χ4v) is 2.94. The van der Waals surface area contributed by atoms with Gasteiger partial charge in [-0.05, 0) is 32.0 Å². The van der Waals surface area contributed by atoms with E-state index in [9.17, 15) is 0 Å². The molecule has 0 saturated carbocycles. The van der Waals surface area contributed by atoms with Crippen LogP contribution in [0.5, 0.6) is 0 Å². The molecule has 21 heavy (non-hydrogen) atoms. The fourth-order valence-electron chi connectivity index (χ4n) is 2.94. The topological polar surface area (TPSA) is 58.3 Å². The van der Waals surface area contributed by atoms with Crippen LogP contribution in [0, 0.1) is 0 Å². The highest BCUT2D eigenvalue weighted by atomic mass is 15.3. The molecule has 5 nitrogen and oxygen atoms in total. The third kappa shape index (κ3) is 3.31. The molecule has 3 rings (SSSR count). The average Bonchev–Trinajstić information content (AvgIpc) is 2.55. The summed E-state index contributed by atoms with van der Waals surface area (Å²) in [4.78, 5) is 4.96. The molecular weight excluding hydrogens is 262 g/mol. The Morgan fingerprint density at radius 1 is 1.05 bits per heavy atom. The van der Waals surface area contributed by atoms with Gasteiger partial charge < -0.3 is 10.6 Å². The summed E-state index contributed by atoms with van der Waals surface area (Å²) in [7, 11) is 0. The first-order valence-corrected chi connectivity index (χ1v) is 7.76. The lowest BCUT2D eigenvalue weighted by atomic mass is 10.1. The Morgan fingerprint density at radius 2 is 1.86 bits per heavy atom. The maximum absolute atomic E-state index is 5.56. The smallest absolute Gasteiger partial charge is 0.0950 e. The second-order valence-corrected chi connectivity index (χ2v) is 5.57. The average molecular weight is 285 g/mol. The van der Waals surface area contributed by atoms with Crippen molar-refractivity contribution in [3.05, 3.63) is 30.5 Å². The Labute approximate surface area is 125 Å². The van der Waals surface area contributed by atoms with Crippen molar-refractivity contribution in [3.8, 4) is 0 Å². The van der Waals surface area contributed by atoms with Crippen molar-refractivity contribution in [2.45, 2.75) is 12.8 Å². The summed E-state index contributed by atoms with van der Waals surface area (Å²) in [5, 5.41) is 9.55. The molecule has 0 bridgehead atoms. The Morgan fingerprint density at radius 3 is 2.67 bits per heavy atom. The molecule has 1 saturated heterocycles. The molecule has 0 unspecified atom stereocenters. The van der Waals surface area contributed by atoms with Crippen LogP contribution in [0.25, 0.3) is 10.9 Å². The van der Waals surface area contributed by atoms with E-state index in [-0.39, 0.29) is 0 Å². The SMILES string of the molecule is NCCCCN1CCN(c2cnnc3ccccc23)CC1. The molecule has 2 heterocycles. The van der Waals surface area contributed by atoms with E-state index < -0.39 is 0 Å². The Hall–Kier alpha value is -1.72. The zero-order valence-electron chi connectivity index (χ0n) is 12.4. The molecular formula is C16H23N5. The number of unbranched alkanes of at least 4 members (excludes halogenated alkanes) is 1. The van der Waals surface area contributed by atoms with Gasteiger partial charge in [0.05, 0.1) is 17.4 Å². The number of rotatable bonds is 5. The minimum Gasteiger partial charge on any atom is -0.367 e. The van der Waals surface area contributed by atoms with Crippen LogP contribution in [-0.4, -0.2) is 54.4 Å². The van der Waals surface area contributed by atoms with Crippen LogP contribution >= 0.6 is 0 Å². The number of hydrogen-bond donors (Lipinski definition) is 1. The molecule has 0 aliphatic carbocycles. The van der Waals surface area contributed by atoms with Crippen LogP contribution in [-0.2, 0) is 0 Å². The van der Waals surface area contributed by atoms with Crippen LogP contribution in [0.15, 0.2) is 30.5 Å². The lowest BCUT2D eigenvalue weighted by molar-refractivity contribution is 0.253. The largest absolute Gasteiger partial charge is 0.367 e. The van der Waals surface area contributed by atoms with E-state index in [1.807, 2.05) is 18.3 Å². The van der Waals surface area contributed by atoms with Crippen LogP contribution in [0.2, 0.25) is 0 Å². The third-order valence-electron chi connectivity index (χ3n) is 4.17. The van der Waals surface area contributed by atoms with Gasteiger partial charge in [-0.3, -0.25) is 4.90 Å². The summed E-state index contributed by atoms with van der Waals surface area (Å²) in [6.45, 7) is 6.30. The summed E-state index contributed by atoms with van der Waals surface area (Å²) in [5.74, 6) is 0. The number of fused-ring (bicyclic) bond motifs is 1. The van der Waals surface area contributed by atoms with Gasteiger partial charge in [0.1, 0.15) is 0 Å². The lowest BCUT2D eigenvalue weighted by Crippen LogP contribution is -2.46. The van der Waals surface area contributed by atoms with Crippen LogP contribution < -0.4 is 10.6 Å². The van der Waals surface area contributed by atoms with Crippen molar-refractivity contribution < 1.29 is 0 Å². The molecule has 0 amide bonds. The fraction of sp³-hybridized carbons (Fsp3) is 0.500. The zero-order valence-corrected chi connectivity index (χ0v) is 12.4. The molecule has 1 aromatic carbocycles. The van der Waals surface area contributed by atoms with Gasteiger partial charge in [-0.25, -0.2) is 0 Å². The van der Waals surface area contributed by atoms with Crippen LogP contribution in [0.1, 0.15) is 12.8 Å². The van der Waals surface area contributed by atoms with Gasteiger partial charge in [-0.1, -0.05) is 18.2 Å². The molecule has 0 spiro atoms. The molecule has 1 fully saturated rings. The van der Waals surface area contributed by atoms with E-state index in [0.29, 0.717) is 0 Å². The van der Waals surface area contributed by atoms with E-state index >= 15 is 0 Å². The van der Waals surface area contributed by atoms with Crippen molar-refractivity contribution in [1.29, 1.82) is 0 Å². The maximum Gasteiger partial charge on any atom is 0.0950 e. The molecule has 112 valence electrons. The summed E-state index contributed by atoms with van der Waals surface area (Å²) >= 11 is 0. The van der Waals surface area contributed by atoms with E-state index in [1.54, 1.807) is 0 Å². The number of aromatic nitrogens is 2. The lowest BCUT2D eigenvalue weighted by Gasteiger charge is -2.36. The first kappa shape index (κ1) is 14.2. The molecule has 1 aliphatic heterocycles. The molecule has 5 heteroatoms. The predicted octanol–water partition coefficient (Wildman–Crippen LogP) is 1.49. The van der Waals surface area contributed by atoms with E-state index in [0.717, 1.165) is 44.7 Å². The zero-order chi connectivity index (χ0) is 14.5. The standard InChI is InChI=1S/C16H23N5/c17-7-3-4-8-20-9-11-21(12-10-20)16-13-18-19-15-6-2-1-5-14(15)16/h1-2,5-6,13H,3-4,7-12,17H2. The van der Waals surface area contributed by atoms with Gasteiger partial charge in [-0.15, -0.1) is 0 Å². The number of piperazine rings is 1. The van der Waals surface area contributed by atoms with Gasteiger partial charge >= 0.3 is 0 Å². The Balaban J connectivity index is 1.66. The minimum atomic E-state index is 0.800. The molecule has 1 aromatic heterocycles. The summed E-state index contributed by atoms with van der Waals surface area (Å²) in [6, 6.07) is 8.23. The van der Waals surface area contributed by atoms with Crippen molar-refractivity contribution in [2.75, 3.05) is 44.2 Å². The van der Waals surface area contributed by atoms with Crippen molar-refractivity contribution in [3.63, 3.8) is 0 Å². The van der Waals surface area contributed by atoms with Gasteiger partial charge in [0.2, 0.25) is 0 Å². The Bertz CT molecular complexity index is 572. The van der Waals surface area contributed by atoms with Crippen LogP contribution in [0.4, 0.5) is 5.69 Å². The summed E-state index contributed by atoms with van der Waals surface area (Å²) in [5.41, 5.74) is 7.74. The number of anilines is 1. The highest BCUT2D eigenvalue weighted by Crippen LogP contribution is 2.24. The minimum absolute atomic E-state index is 0.800. The number of nitrogens with two attached hydrogens (primary N) is 1. The number of hydrogen-bond acceptors (Lipinski definition) is 5. The molecule has 2 aromatic rings. The van der Waals surface area contributed by atoms with Crippen molar-refractivity contribution >= 4 is 16.6 Å². The predicted molar refractivity (Wildman–Crippen MR) is 86.5 cm³/mol. The van der Waals surface area contributed by atoms with Crippen LogP contribution in [0.3, 0.4) is 0 Å². The van der Waals surface area contributed by atoms with Crippen molar-refractivity contribution in [2.24, 2.45) is 5.73 Å². The van der Waals surface area contributed by atoms with Gasteiger partial charge in [0.25, 0.3) is 0 Å². The van der Waals surface area contributed by atoms with Gasteiger partial charge in [0, 0.05) is 31.6 Å². The van der Waals surface area contributed by atoms with E-state index in [1.165, 1.54) is 24.0 Å². The molecule has 2 N–H and O–H groups in total. The normalized spacial score (nSPS) is 16.5. The first-order chi connectivity index (χ1) is 10.4. The second-order valence-electron chi connectivity index (χ2n) is 5.57. The molecule has 0 radical (unpaired) electrons. The van der Waals surface area contributed by atoms with Crippen molar-refractivity contribution in [1.82, 2.24) is 15.1 Å². The number of benzene rings is 1. The highest BCUT2D eigenvalue weighted by Gasteiger charge is 2.18. The van der Waals surface area contributed by atoms with Gasteiger partial charge in [-0.2, -0.15) is 10.2 Å². The van der Waals surface area contributed by atoms with E-state index in [2.05, 4.69) is 32.1 Å². The molecule has 0 atom stereocenters. The first-order valence-electron chi connectivity index (χ1n) is 7.76. The maximum atomic E-state index is 5.56. The van der Waals surface area contributed by atoms with E-state index in [4.69, 9.17) is 5.73 Å².